The molecule has 0 bridgehead atoms. The largest absolute Gasteiger partial charge is 0.497 e. The van der Waals surface area contributed by atoms with Gasteiger partial charge in [0.2, 0.25) is 0 Å². The first kappa shape index (κ1) is 14.4. The Morgan fingerprint density at radius 2 is 2.00 bits per heavy atom. The Labute approximate surface area is 123 Å². The highest BCUT2D eigenvalue weighted by Gasteiger charge is 2.14. The second-order valence-corrected chi connectivity index (χ2v) is 5.88. The van der Waals surface area contributed by atoms with E-state index in [4.69, 9.17) is 22.1 Å². The Morgan fingerprint density at radius 1 is 1.32 bits per heavy atom. The smallest absolute Gasteiger partial charge is 0.118 e. The Hall–Kier alpha value is -1.03. The first-order valence-electron chi connectivity index (χ1n) is 6.24. The van der Waals surface area contributed by atoms with E-state index in [1.54, 1.807) is 18.4 Å². The zero-order valence-corrected chi connectivity index (χ0v) is 12.7. The lowest BCUT2D eigenvalue weighted by Gasteiger charge is -2.11. The quantitative estimate of drug-likeness (QED) is 0.890. The van der Waals surface area contributed by atoms with E-state index in [2.05, 4.69) is 17.5 Å². The average molecular weight is 296 g/mol. The van der Waals surface area contributed by atoms with Gasteiger partial charge in [-0.25, -0.2) is 0 Å². The topological polar surface area (TPSA) is 35.2 Å². The highest BCUT2D eigenvalue weighted by molar-refractivity contribution is 7.10. The summed E-state index contributed by atoms with van der Waals surface area (Å²) in [7, 11) is 1.67. The summed E-state index contributed by atoms with van der Waals surface area (Å²) in [6.45, 7) is 2.01. The molecule has 2 nitrogen and oxygen atoms in total. The molecule has 0 spiro atoms. The number of methoxy groups -OCH3 is 1. The van der Waals surface area contributed by atoms with Crippen molar-refractivity contribution in [1.29, 1.82) is 0 Å². The van der Waals surface area contributed by atoms with Crippen LogP contribution in [0.4, 0.5) is 0 Å². The van der Waals surface area contributed by atoms with E-state index in [0.717, 1.165) is 34.1 Å². The van der Waals surface area contributed by atoms with Gasteiger partial charge in [-0.15, -0.1) is 11.3 Å². The van der Waals surface area contributed by atoms with Crippen molar-refractivity contribution in [2.24, 2.45) is 5.73 Å². The number of aryl methyl sites for hydroxylation is 2. The average Bonchev–Trinajstić information content (AvgIpc) is 2.77. The van der Waals surface area contributed by atoms with E-state index >= 15 is 0 Å². The zero-order chi connectivity index (χ0) is 13.8. The van der Waals surface area contributed by atoms with Crippen molar-refractivity contribution in [3.8, 4) is 5.75 Å². The molecule has 1 unspecified atom stereocenters. The summed E-state index contributed by atoms with van der Waals surface area (Å²) in [6.07, 6.45) is 1.84. The molecule has 0 fully saturated rings. The molecule has 0 radical (unpaired) electrons. The standard InChI is InChI=1S/C15H18ClNOS/c1-10-9-19-15(14(10)16)13(17)8-5-11-3-6-12(18-2)7-4-11/h3-4,6-7,9,13H,5,8,17H2,1-2H3. The van der Waals surface area contributed by atoms with Crippen LogP contribution in [-0.2, 0) is 6.42 Å². The number of thiophene rings is 1. The molecule has 4 heteroatoms. The molecule has 1 heterocycles. The Morgan fingerprint density at radius 3 is 2.53 bits per heavy atom. The minimum atomic E-state index is 0.00769. The molecular formula is C15H18ClNOS. The molecule has 0 aliphatic heterocycles. The number of rotatable bonds is 5. The monoisotopic (exact) mass is 295 g/mol. The molecule has 1 aromatic carbocycles. The maximum absolute atomic E-state index is 6.24. The molecule has 0 aliphatic rings. The number of hydrogen-bond acceptors (Lipinski definition) is 3. The van der Waals surface area contributed by atoms with Gasteiger partial charge in [-0.3, -0.25) is 0 Å². The zero-order valence-electron chi connectivity index (χ0n) is 11.2. The van der Waals surface area contributed by atoms with E-state index in [9.17, 15) is 0 Å². The fraction of sp³-hybridized carbons (Fsp3) is 0.333. The number of halogens is 1. The highest BCUT2D eigenvalue weighted by atomic mass is 35.5. The lowest BCUT2D eigenvalue weighted by molar-refractivity contribution is 0.414. The van der Waals surface area contributed by atoms with Crippen molar-refractivity contribution in [2.75, 3.05) is 7.11 Å². The third kappa shape index (κ3) is 3.50. The molecule has 0 saturated heterocycles. The predicted octanol–water partition coefficient (Wildman–Crippen LogP) is 4.35. The third-order valence-corrected chi connectivity index (χ3v) is 5.01. The van der Waals surface area contributed by atoms with E-state index in [0.29, 0.717) is 0 Å². The van der Waals surface area contributed by atoms with Crippen LogP contribution in [0, 0.1) is 6.92 Å². The van der Waals surface area contributed by atoms with Gasteiger partial charge in [-0.1, -0.05) is 23.7 Å². The van der Waals surface area contributed by atoms with Crippen LogP contribution in [0.2, 0.25) is 5.02 Å². The normalized spacial score (nSPS) is 12.4. The van der Waals surface area contributed by atoms with E-state index < -0.39 is 0 Å². The van der Waals surface area contributed by atoms with Gasteiger partial charge in [0.05, 0.1) is 12.1 Å². The molecule has 2 aromatic rings. The van der Waals surface area contributed by atoms with Gasteiger partial charge in [-0.2, -0.15) is 0 Å². The van der Waals surface area contributed by atoms with Gasteiger partial charge in [0, 0.05) is 10.9 Å². The van der Waals surface area contributed by atoms with Crippen LogP contribution in [0.5, 0.6) is 5.75 Å². The number of benzene rings is 1. The van der Waals surface area contributed by atoms with Crippen LogP contribution < -0.4 is 10.5 Å². The number of nitrogens with two attached hydrogens (primary N) is 1. The van der Waals surface area contributed by atoms with Crippen LogP contribution >= 0.6 is 22.9 Å². The molecule has 0 saturated carbocycles. The predicted molar refractivity (Wildman–Crippen MR) is 82.3 cm³/mol. The maximum Gasteiger partial charge on any atom is 0.118 e. The van der Waals surface area contributed by atoms with Gasteiger partial charge in [0.15, 0.2) is 0 Å². The molecule has 1 atom stereocenters. The minimum Gasteiger partial charge on any atom is -0.497 e. The SMILES string of the molecule is COc1ccc(CCC(N)c2scc(C)c2Cl)cc1. The van der Waals surface area contributed by atoms with Gasteiger partial charge < -0.3 is 10.5 Å². The van der Waals surface area contributed by atoms with Crippen LogP contribution in [-0.4, -0.2) is 7.11 Å². The Kier molecular flexibility index (Phi) is 4.86. The van der Waals surface area contributed by atoms with E-state index in [-0.39, 0.29) is 6.04 Å². The molecule has 0 aliphatic carbocycles. The lowest BCUT2D eigenvalue weighted by atomic mass is 10.0. The van der Waals surface area contributed by atoms with Crippen LogP contribution in [0.15, 0.2) is 29.6 Å². The van der Waals surface area contributed by atoms with Gasteiger partial charge in [0.25, 0.3) is 0 Å². The van der Waals surface area contributed by atoms with Crippen LogP contribution in [0.25, 0.3) is 0 Å². The van der Waals surface area contributed by atoms with E-state index in [1.165, 1.54) is 5.56 Å². The first-order chi connectivity index (χ1) is 9.11. The summed E-state index contributed by atoms with van der Waals surface area (Å²) < 4.78 is 5.14. The summed E-state index contributed by atoms with van der Waals surface area (Å²) in [5, 5.41) is 2.89. The fourth-order valence-electron chi connectivity index (χ4n) is 1.95. The maximum atomic E-state index is 6.24. The number of hydrogen-bond donors (Lipinski definition) is 1. The van der Waals surface area contributed by atoms with Crippen molar-refractivity contribution >= 4 is 22.9 Å². The molecular weight excluding hydrogens is 278 g/mol. The lowest BCUT2D eigenvalue weighted by Crippen LogP contribution is -2.10. The highest BCUT2D eigenvalue weighted by Crippen LogP contribution is 2.33. The molecule has 1 aromatic heterocycles. The summed E-state index contributed by atoms with van der Waals surface area (Å²) in [6, 6.07) is 8.11. The molecule has 2 rings (SSSR count). The molecule has 2 N–H and O–H groups in total. The first-order valence-corrected chi connectivity index (χ1v) is 7.49. The molecule has 19 heavy (non-hydrogen) atoms. The van der Waals surface area contributed by atoms with Crippen molar-refractivity contribution in [2.45, 2.75) is 25.8 Å². The van der Waals surface area contributed by atoms with Crippen LogP contribution in [0.3, 0.4) is 0 Å². The Balaban J connectivity index is 1.96. The van der Waals surface area contributed by atoms with Crippen molar-refractivity contribution in [1.82, 2.24) is 0 Å². The van der Waals surface area contributed by atoms with Crippen molar-refractivity contribution < 1.29 is 4.74 Å². The second kappa shape index (κ2) is 6.42. The van der Waals surface area contributed by atoms with Crippen molar-refractivity contribution in [3.63, 3.8) is 0 Å². The fourth-order valence-corrected chi connectivity index (χ4v) is 3.32. The minimum absolute atomic E-state index is 0.00769. The summed E-state index contributed by atoms with van der Waals surface area (Å²) in [5.74, 6) is 0.880. The number of ether oxygens (including phenoxy) is 1. The van der Waals surface area contributed by atoms with Crippen LogP contribution in [0.1, 0.15) is 28.5 Å². The van der Waals surface area contributed by atoms with Gasteiger partial charge >= 0.3 is 0 Å². The third-order valence-electron chi connectivity index (χ3n) is 3.17. The summed E-state index contributed by atoms with van der Waals surface area (Å²) >= 11 is 7.89. The molecule has 0 amide bonds. The second-order valence-electron chi connectivity index (χ2n) is 4.59. The Bertz CT molecular complexity index is 536. The van der Waals surface area contributed by atoms with E-state index in [1.807, 2.05) is 19.1 Å². The summed E-state index contributed by atoms with van der Waals surface area (Å²) in [5.41, 5.74) is 8.59. The molecule has 102 valence electrons. The van der Waals surface area contributed by atoms with Gasteiger partial charge in [0.1, 0.15) is 5.75 Å². The van der Waals surface area contributed by atoms with Gasteiger partial charge in [-0.05, 0) is 48.4 Å². The van der Waals surface area contributed by atoms with Crippen molar-refractivity contribution in [3.05, 3.63) is 50.7 Å². The summed E-state index contributed by atoms with van der Waals surface area (Å²) in [4.78, 5) is 1.09.